The molecule has 9 heteroatoms. The number of halogens is 2. The molecule has 1 aliphatic rings. The van der Waals surface area contributed by atoms with Crippen LogP contribution in [0.5, 0.6) is 0 Å². The van der Waals surface area contributed by atoms with Gasteiger partial charge in [-0.3, -0.25) is 4.79 Å². The van der Waals surface area contributed by atoms with Crippen molar-refractivity contribution in [2.45, 2.75) is 61.8 Å². The van der Waals surface area contributed by atoms with Crippen LogP contribution in [0.4, 0.5) is 8.78 Å². The van der Waals surface area contributed by atoms with Gasteiger partial charge in [0, 0.05) is 6.04 Å². The Balaban J connectivity index is 1.95. The van der Waals surface area contributed by atoms with Gasteiger partial charge in [-0.1, -0.05) is 19.3 Å². The van der Waals surface area contributed by atoms with Gasteiger partial charge in [-0.2, -0.15) is 8.78 Å². The van der Waals surface area contributed by atoms with E-state index in [2.05, 4.69) is 5.32 Å². The first-order chi connectivity index (χ1) is 12.2. The van der Waals surface area contributed by atoms with E-state index in [-0.39, 0.29) is 11.6 Å². The SMILES string of the molecule is CC(OC(=O)c1ccc(S(=O)(=O)C(F)F)cc1)C(=O)NC1CCCCC1. The highest BCUT2D eigenvalue weighted by Crippen LogP contribution is 2.20. The van der Waals surface area contributed by atoms with Gasteiger partial charge in [-0.25, -0.2) is 13.2 Å². The lowest BCUT2D eigenvalue weighted by Gasteiger charge is -2.24. The molecular formula is C17H21F2NO5S. The molecule has 0 bridgehead atoms. The minimum atomic E-state index is -4.72. The number of carbonyl (C=O) groups excluding carboxylic acids is 2. The van der Waals surface area contributed by atoms with Gasteiger partial charge in [0.2, 0.25) is 9.84 Å². The molecule has 1 aliphatic carbocycles. The zero-order valence-electron chi connectivity index (χ0n) is 14.3. The summed E-state index contributed by atoms with van der Waals surface area (Å²) in [6, 6.07) is 4.04. The van der Waals surface area contributed by atoms with Gasteiger partial charge in [0.25, 0.3) is 5.91 Å². The minimum absolute atomic E-state index is 0.0319. The number of alkyl halides is 2. The summed E-state index contributed by atoms with van der Waals surface area (Å²) in [5.74, 6) is -4.77. The molecule has 0 radical (unpaired) electrons. The largest absolute Gasteiger partial charge is 0.449 e. The molecular weight excluding hydrogens is 368 g/mol. The first-order valence-electron chi connectivity index (χ1n) is 8.35. The van der Waals surface area contributed by atoms with E-state index in [4.69, 9.17) is 4.74 Å². The summed E-state index contributed by atoms with van der Waals surface area (Å²) in [5, 5.41) is 2.84. The Kier molecular flexibility index (Phi) is 6.69. The zero-order valence-corrected chi connectivity index (χ0v) is 15.1. The fourth-order valence-electron chi connectivity index (χ4n) is 2.73. The monoisotopic (exact) mass is 389 g/mol. The van der Waals surface area contributed by atoms with Crippen LogP contribution in [0.25, 0.3) is 0 Å². The number of benzene rings is 1. The van der Waals surface area contributed by atoms with Gasteiger partial charge in [-0.15, -0.1) is 0 Å². The first-order valence-corrected chi connectivity index (χ1v) is 9.90. The molecule has 1 saturated carbocycles. The van der Waals surface area contributed by atoms with Crippen LogP contribution in [0.2, 0.25) is 0 Å². The average Bonchev–Trinajstić information content (AvgIpc) is 2.62. The Morgan fingerprint density at radius 1 is 1.12 bits per heavy atom. The van der Waals surface area contributed by atoms with Crippen molar-refractivity contribution in [1.82, 2.24) is 5.32 Å². The zero-order chi connectivity index (χ0) is 19.3. The smallest absolute Gasteiger partial charge is 0.341 e. The maximum atomic E-state index is 12.5. The summed E-state index contributed by atoms with van der Waals surface area (Å²) < 4.78 is 52.7. The van der Waals surface area contributed by atoms with Crippen LogP contribution < -0.4 is 5.32 Å². The van der Waals surface area contributed by atoms with E-state index in [9.17, 15) is 26.8 Å². The van der Waals surface area contributed by atoms with Crippen molar-refractivity contribution in [2.75, 3.05) is 0 Å². The van der Waals surface area contributed by atoms with Gasteiger partial charge in [0.05, 0.1) is 10.5 Å². The van der Waals surface area contributed by atoms with Crippen LogP contribution >= 0.6 is 0 Å². The Hall–Kier alpha value is -2.03. The van der Waals surface area contributed by atoms with Crippen molar-refractivity contribution in [3.05, 3.63) is 29.8 Å². The highest BCUT2D eigenvalue weighted by molar-refractivity contribution is 7.91. The molecule has 0 heterocycles. The van der Waals surface area contributed by atoms with Gasteiger partial charge in [0.1, 0.15) is 0 Å². The Morgan fingerprint density at radius 2 is 1.69 bits per heavy atom. The second-order valence-corrected chi connectivity index (χ2v) is 8.14. The molecule has 1 N–H and O–H groups in total. The predicted molar refractivity (Wildman–Crippen MR) is 89.5 cm³/mol. The molecule has 1 atom stereocenters. The van der Waals surface area contributed by atoms with E-state index in [1.807, 2.05) is 0 Å². The number of carbonyl (C=O) groups is 2. The lowest BCUT2D eigenvalue weighted by atomic mass is 9.95. The van der Waals surface area contributed by atoms with Crippen LogP contribution in [0, 0.1) is 0 Å². The van der Waals surface area contributed by atoms with Crippen molar-refractivity contribution >= 4 is 21.7 Å². The number of rotatable bonds is 6. The fraction of sp³-hybridized carbons (Fsp3) is 0.529. The molecule has 0 saturated heterocycles. The van der Waals surface area contributed by atoms with Crippen molar-refractivity contribution in [3.63, 3.8) is 0 Å². The molecule has 0 spiro atoms. The maximum Gasteiger partial charge on any atom is 0.341 e. The summed E-state index contributed by atoms with van der Waals surface area (Å²) in [6.45, 7) is 1.44. The number of sulfone groups is 1. The molecule has 144 valence electrons. The molecule has 1 amide bonds. The Bertz CT molecular complexity index is 743. The quantitative estimate of drug-likeness (QED) is 0.756. The highest BCUT2D eigenvalue weighted by atomic mass is 32.2. The van der Waals surface area contributed by atoms with Crippen LogP contribution in [-0.4, -0.2) is 38.2 Å². The normalized spacial score (nSPS) is 16.9. The van der Waals surface area contributed by atoms with Gasteiger partial charge >= 0.3 is 11.7 Å². The fourth-order valence-corrected chi connectivity index (χ4v) is 3.45. The molecule has 1 unspecified atom stereocenters. The maximum absolute atomic E-state index is 12.5. The Morgan fingerprint density at radius 3 is 2.23 bits per heavy atom. The molecule has 1 aromatic rings. The molecule has 1 aromatic carbocycles. The van der Waals surface area contributed by atoms with Crippen molar-refractivity contribution in [3.8, 4) is 0 Å². The lowest BCUT2D eigenvalue weighted by molar-refractivity contribution is -0.130. The van der Waals surface area contributed by atoms with E-state index >= 15 is 0 Å². The number of ether oxygens (including phenoxy) is 1. The molecule has 0 aromatic heterocycles. The van der Waals surface area contributed by atoms with E-state index in [1.165, 1.54) is 6.92 Å². The summed E-state index contributed by atoms with van der Waals surface area (Å²) in [7, 11) is -4.72. The Labute approximate surface area is 150 Å². The van der Waals surface area contributed by atoms with E-state index in [0.717, 1.165) is 56.4 Å². The number of hydrogen-bond acceptors (Lipinski definition) is 5. The number of hydrogen-bond donors (Lipinski definition) is 1. The standard InChI is InChI=1S/C17H21F2NO5S/c1-11(15(21)20-13-5-3-2-4-6-13)25-16(22)12-7-9-14(10-8-12)26(23,24)17(18)19/h7-11,13,17H,2-6H2,1H3,(H,20,21). The summed E-state index contributed by atoms with van der Waals surface area (Å²) >= 11 is 0. The third-order valence-corrected chi connectivity index (χ3v) is 5.66. The van der Waals surface area contributed by atoms with Gasteiger partial charge < -0.3 is 10.1 Å². The summed E-state index contributed by atoms with van der Waals surface area (Å²) in [6.07, 6.45) is 4.02. The molecule has 2 rings (SSSR count). The molecule has 1 fully saturated rings. The van der Waals surface area contributed by atoms with Crippen LogP contribution in [-0.2, 0) is 19.4 Å². The minimum Gasteiger partial charge on any atom is -0.449 e. The molecule has 0 aliphatic heterocycles. The number of nitrogens with one attached hydrogen (secondary N) is 1. The number of amides is 1. The lowest BCUT2D eigenvalue weighted by Crippen LogP contribution is -2.42. The van der Waals surface area contributed by atoms with Gasteiger partial charge in [0.15, 0.2) is 6.10 Å². The van der Waals surface area contributed by atoms with Crippen LogP contribution in [0.1, 0.15) is 49.4 Å². The third-order valence-electron chi connectivity index (χ3n) is 4.26. The van der Waals surface area contributed by atoms with E-state index < -0.39 is 38.5 Å². The van der Waals surface area contributed by atoms with Crippen LogP contribution in [0.15, 0.2) is 29.2 Å². The first kappa shape index (κ1) is 20.3. The third kappa shape index (κ3) is 5.00. The van der Waals surface area contributed by atoms with E-state index in [0.29, 0.717) is 0 Å². The topological polar surface area (TPSA) is 89.5 Å². The summed E-state index contributed by atoms with van der Waals surface area (Å²) in [4.78, 5) is 23.5. The second kappa shape index (κ2) is 8.57. The molecule has 26 heavy (non-hydrogen) atoms. The summed E-state index contributed by atoms with van der Waals surface area (Å²) in [5.41, 5.74) is -0.0319. The number of esters is 1. The average molecular weight is 389 g/mol. The second-order valence-electron chi connectivity index (χ2n) is 6.22. The predicted octanol–water partition coefficient (Wildman–Crippen LogP) is 2.68. The van der Waals surface area contributed by atoms with Crippen molar-refractivity contribution in [2.24, 2.45) is 0 Å². The van der Waals surface area contributed by atoms with Crippen LogP contribution in [0.3, 0.4) is 0 Å². The van der Waals surface area contributed by atoms with E-state index in [1.54, 1.807) is 0 Å². The molecule has 6 nitrogen and oxygen atoms in total. The van der Waals surface area contributed by atoms with Gasteiger partial charge in [-0.05, 0) is 44.0 Å². The highest BCUT2D eigenvalue weighted by Gasteiger charge is 2.27. The van der Waals surface area contributed by atoms with Crippen molar-refractivity contribution in [1.29, 1.82) is 0 Å². The van der Waals surface area contributed by atoms with Crippen molar-refractivity contribution < 1.29 is 31.5 Å².